The summed E-state index contributed by atoms with van der Waals surface area (Å²) in [5.74, 6) is 0.596. The molecule has 1 aromatic carbocycles. The Bertz CT molecular complexity index is 391. The number of rotatable bonds is 5. The lowest BCUT2D eigenvalue weighted by Gasteiger charge is -2.31. The molecule has 3 nitrogen and oxygen atoms in total. The summed E-state index contributed by atoms with van der Waals surface area (Å²) in [7, 11) is 0. The molecule has 4 heteroatoms. The molecule has 19 heavy (non-hydrogen) atoms. The average Bonchev–Trinajstić information content (AvgIpc) is 2.40. The maximum Gasteiger partial charge on any atom is 0.165 e. The van der Waals surface area contributed by atoms with Crippen molar-refractivity contribution in [1.29, 1.82) is 0 Å². The minimum absolute atomic E-state index is 0.132. The fourth-order valence-electron chi connectivity index (χ4n) is 2.34. The van der Waals surface area contributed by atoms with Crippen molar-refractivity contribution in [2.24, 2.45) is 5.92 Å². The van der Waals surface area contributed by atoms with Gasteiger partial charge in [-0.05, 0) is 44.0 Å². The van der Waals surface area contributed by atoms with Crippen LogP contribution < -0.4 is 4.74 Å². The number of hydrogen-bond acceptors (Lipinski definition) is 3. The standard InChI is InChI=1S/C15H22FNO2/c1-12-6-8-17(9-7-12)10-13(18)11-19-15-5-3-2-4-14(15)16/h2-5,12-13,18H,6-11H2,1H3. The van der Waals surface area contributed by atoms with E-state index >= 15 is 0 Å². The zero-order chi connectivity index (χ0) is 13.7. The average molecular weight is 267 g/mol. The van der Waals surface area contributed by atoms with E-state index in [1.165, 1.54) is 18.9 Å². The zero-order valence-electron chi connectivity index (χ0n) is 11.4. The number of aliphatic hydroxyl groups excluding tert-OH is 1. The highest BCUT2D eigenvalue weighted by Crippen LogP contribution is 2.17. The Morgan fingerprint density at radius 2 is 2.05 bits per heavy atom. The van der Waals surface area contributed by atoms with Gasteiger partial charge < -0.3 is 14.7 Å². The lowest BCUT2D eigenvalue weighted by Crippen LogP contribution is -2.40. The van der Waals surface area contributed by atoms with E-state index in [1.807, 2.05) is 0 Å². The van der Waals surface area contributed by atoms with E-state index < -0.39 is 6.10 Å². The first-order valence-corrected chi connectivity index (χ1v) is 6.93. The molecule has 0 amide bonds. The third-order valence-corrected chi connectivity index (χ3v) is 3.61. The second-order valence-electron chi connectivity index (χ2n) is 5.38. The SMILES string of the molecule is CC1CCN(CC(O)COc2ccccc2F)CC1. The van der Waals surface area contributed by atoms with E-state index in [-0.39, 0.29) is 18.2 Å². The second kappa shape index (κ2) is 6.87. The molecule has 1 aliphatic heterocycles. The van der Waals surface area contributed by atoms with Crippen molar-refractivity contribution in [3.05, 3.63) is 30.1 Å². The first-order chi connectivity index (χ1) is 9.15. The van der Waals surface area contributed by atoms with E-state index in [0.29, 0.717) is 6.54 Å². The van der Waals surface area contributed by atoms with Crippen LogP contribution in [0.1, 0.15) is 19.8 Å². The highest BCUT2D eigenvalue weighted by molar-refractivity contribution is 5.23. The van der Waals surface area contributed by atoms with Gasteiger partial charge in [-0.1, -0.05) is 19.1 Å². The minimum Gasteiger partial charge on any atom is -0.488 e. The van der Waals surface area contributed by atoms with Gasteiger partial charge in [0.2, 0.25) is 0 Å². The fourth-order valence-corrected chi connectivity index (χ4v) is 2.34. The van der Waals surface area contributed by atoms with E-state index in [4.69, 9.17) is 4.74 Å². The van der Waals surface area contributed by atoms with Crippen LogP contribution in [0.2, 0.25) is 0 Å². The topological polar surface area (TPSA) is 32.7 Å². The molecule has 1 fully saturated rings. The Morgan fingerprint density at radius 3 is 2.74 bits per heavy atom. The molecule has 0 radical (unpaired) electrons. The van der Waals surface area contributed by atoms with Crippen molar-refractivity contribution in [3.63, 3.8) is 0 Å². The van der Waals surface area contributed by atoms with Crippen LogP contribution in [0.3, 0.4) is 0 Å². The third kappa shape index (κ3) is 4.48. The number of hydrogen-bond donors (Lipinski definition) is 1. The molecule has 1 N–H and O–H groups in total. The summed E-state index contributed by atoms with van der Waals surface area (Å²) in [6, 6.07) is 6.27. The van der Waals surface area contributed by atoms with Crippen LogP contribution in [0.5, 0.6) is 5.75 Å². The maximum absolute atomic E-state index is 13.3. The number of β-amino-alcohol motifs (C(OH)–C–C–N with tert-alkyl or cyclic N) is 1. The lowest BCUT2D eigenvalue weighted by atomic mass is 9.99. The van der Waals surface area contributed by atoms with E-state index in [0.717, 1.165) is 19.0 Å². The number of para-hydroxylation sites is 1. The highest BCUT2D eigenvalue weighted by atomic mass is 19.1. The summed E-state index contributed by atoms with van der Waals surface area (Å²) in [6.07, 6.45) is 1.79. The Balaban J connectivity index is 1.73. The number of piperidine rings is 1. The number of benzene rings is 1. The van der Waals surface area contributed by atoms with Crippen LogP contribution in [0, 0.1) is 11.7 Å². The van der Waals surface area contributed by atoms with Gasteiger partial charge in [0.25, 0.3) is 0 Å². The molecule has 106 valence electrons. The molecule has 0 bridgehead atoms. The molecule has 1 aliphatic rings. The number of halogens is 1. The lowest BCUT2D eigenvalue weighted by molar-refractivity contribution is 0.0551. The molecule has 1 saturated heterocycles. The number of nitrogens with zero attached hydrogens (tertiary/aromatic N) is 1. The molecule has 0 spiro atoms. The summed E-state index contributed by atoms with van der Waals surface area (Å²) in [4.78, 5) is 2.25. The van der Waals surface area contributed by atoms with Gasteiger partial charge in [-0.2, -0.15) is 0 Å². The van der Waals surface area contributed by atoms with Gasteiger partial charge in [-0.15, -0.1) is 0 Å². The van der Waals surface area contributed by atoms with Gasteiger partial charge in [-0.25, -0.2) is 4.39 Å². The minimum atomic E-state index is -0.576. The van der Waals surface area contributed by atoms with E-state index in [9.17, 15) is 9.50 Å². The first-order valence-electron chi connectivity index (χ1n) is 6.93. The van der Waals surface area contributed by atoms with Gasteiger partial charge in [-0.3, -0.25) is 0 Å². The smallest absolute Gasteiger partial charge is 0.165 e. The van der Waals surface area contributed by atoms with Crippen LogP contribution in [0.4, 0.5) is 4.39 Å². The van der Waals surface area contributed by atoms with Crippen molar-refractivity contribution in [2.45, 2.75) is 25.9 Å². The first kappa shape index (κ1) is 14.3. The predicted molar refractivity (Wildman–Crippen MR) is 72.7 cm³/mol. The summed E-state index contributed by atoms with van der Waals surface area (Å²) < 4.78 is 18.6. The van der Waals surface area contributed by atoms with Crippen LogP contribution in [0.15, 0.2) is 24.3 Å². The van der Waals surface area contributed by atoms with Gasteiger partial charge >= 0.3 is 0 Å². The van der Waals surface area contributed by atoms with Crippen molar-refractivity contribution in [3.8, 4) is 5.75 Å². The van der Waals surface area contributed by atoms with Crippen molar-refractivity contribution < 1.29 is 14.2 Å². The predicted octanol–water partition coefficient (Wildman–Crippen LogP) is 2.30. The van der Waals surface area contributed by atoms with Gasteiger partial charge in [0.15, 0.2) is 11.6 Å². The second-order valence-corrected chi connectivity index (χ2v) is 5.38. The fraction of sp³-hybridized carbons (Fsp3) is 0.600. The van der Waals surface area contributed by atoms with Crippen LogP contribution in [-0.4, -0.2) is 42.4 Å². The summed E-state index contributed by atoms with van der Waals surface area (Å²) in [5.41, 5.74) is 0. The molecular formula is C15H22FNO2. The van der Waals surface area contributed by atoms with E-state index in [1.54, 1.807) is 18.2 Å². The summed E-state index contributed by atoms with van der Waals surface area (Å²) in [6.45, 7) is 5.04. The zero-order valence-corrected chi connectivity index (χ0v) is 11.4. The van der Waals surface area contributed by atoms with Crippen molar-refractivity contribution in [2.75, 3.05) is 26.2 Å². The highest BCUT2D eigenvalue weighted by Gasteiger charge is 2.18. The normalized spacial score (nSPS) is 19.3. The van der Waals surface area contributed by atoms with Crippen LogP contribution >= 0.6 is 0 Å². The quantitative estimate of drug-likeness (QED) is 0.888. The summed E-state index contributed by atoms with van der Waals surface area (Å²) >= 11 is 0. The molecule has 0 aromatic heterocycles. The maximum atomic E-state index is 13.3. The van der Waals surface area contributed by atoms with Gasteiger partial charge in [0.05, 0.1) is 0 Å². The third-order valence-electron chi connectivity index (χ3n) is 3.61. The molecule has 1 heterocycles. The number of likely N-dealkylation sites (tertiary alicyclic amines) is 1. The largest absolute Gasteiger partial charge is 0.488 e. The van der Waals surface area contributed by atoms with Crippen LogP contribution in [-0.2, 0) is 0 Å². The Hall–Kier alpha value is -1.13. The molecule has 1 unspecified atom stereocenters. The van der Waals surface area contributed by atoms with Crippen molar-refractivity contribution >= 4 is 0 Å². The van der Waals surface area contributed by atoms with Gasteiger partial charge in [0, 0.05) is 6.54 Å². The van der Waals surface area contributed by atoms with Crippen molar-refractivity contribution in [1.82, 2.24) is 4.90 Å². The summed E-state index contributed by atoms with van der Waals surface area (Å²) in [5, 5.41) is 9.93. The Morgan fingerprint density at radius 1 is 1.37 bits per heavy atom. The molecule has 0 saturated carbocycles. The molecular weight excluding hydrogens is 245 g/mol. The molecule has 1 atom stereocenters. The Labute approximate surface area is 114 Å². The van der Waals surface area contributed by atoms with Gasteiger partial charge in [0.1, 0.15) is 12.7 Å². The molecule has 0 aliphatic carbocycles. The molecule has 2 rings (SSSR count). The van der Waals surface area contributed by atoms with Crippen LogP contribution in [0.25, 0.3) is 0 Å². The number of aliphatic hydroxyl groups is 1. The number of ether oxygens (including phenoxy) is 1. The Kier molecular flexibility index (Phi) is 5.16. The van der Waals surface area contributed by atoms with E-state index in [2.05, 4.69) is 11.8 Å². The monoisotopic (exact) mass is 267 g/mol. The molecule has 1 aromatic rings.